The summed E-state index contributed by atoms with van der Waals surface area (Å²) >= 11 is 0. The van der Waals surface area contributed by atoms with Gasteiger partial charge in [0, 0.05) is 13.0 Å². The van der Waals surface area contributed by atoms with Crippen molar-refractivity contribution in [3.8, 4) is 11.5 Å². The summed E-state index contributed by atoms with van der Waals surface area (Å²) in [6.45, 7) is 3.54. The van der Waals surface area contributed by atoms with Gasteiger partial charge in [0.05, 0.1) is 32.0 Å². The van der Waals surface area contributed by atoms with Crippen LogP contribution in [-0.4, -0.2) is 48.8 Å². The van der Waals surface area contributed by atoms with E-state index >= 15 is 0 Å². The van der Waals surface area contributed by atoms with Gasteiger partial charge >= 0.3 is 0 Å². The molecule has 0 spiro atoms. The second-order valence-corrected chi connectivity index (χ2v) is 8.39. The summed E-state index contributed by atoms with van der Waals surface area (Å²) in [7, 11) is 3.60. The topological polar surface area (TPSA) is 54.4 Å². The van der Waals surface area contributed by atoms with Gasteiger partial charge in [0.15, 0.2) is 0 Å². The molecule has 0 aliphatic carbocycles. The van der Waals surface area contributed by atoms with Crippen molar-refractivity contribution in [2.75, 3.05) is 27.3 Å². The number of rotatable bonds is 9. The Balaban J connectivity index is 1.49. The quantitative estimate of drug-likeness (QED) is 0.458. The van der Waals surface area contributed by atoms with Gasteiger partial charge in [-0.05, 0) is 54.9 Å². The van der Waals surface area contributed by atoms with Crippen LogP contribution in [0.15, 0.2) is 84.0 Å². The lowest BCUT2D eigenvalue weighted by molar-refractivity contribution is -0.134. The molecule has 34 heavy (non-hydrogen) atoms. The maximum atomic E-state index is 13.4. The fourth-order valence-corrected chi connectivity index (χ4v) is 4.16. The first-order valence-electron chi connectivity index (χ1n) is 11.6. The molecule has 0 saturated heterocycles. The van der Waals surface area contributed by atoms with E-state index in [1.54, 1.807) is 12.1 Å². The molecule has 176 valence electrons. The van der Waals surface area contributed by atoms with Gasteiger partial charge in [0.2, 0.25) is 0 Å². The van der Waals surface area contributed by atoms with Gasteiger partial charge in [-0.1, -0.05) is 54.6 Å². The highest BCUT2D eigenvalue weighted by Gasteiger charge is 2.33. The Morgan fingerprint density at radius 2 is 1.68 bits per heavy atom. The zero-order valence-electron chi connectivity index (χ0n) is 20.0. The van der Waals surface area contributed by atoms with Crippen molar-refractivity contribution in [3.63, 3.8) is 0 Å². The SMILES string of the molecule is CCOc1ccc(CN(C)CC(=O)N2N=C(c3ccccc3)CC2c2ccc(OC)cc2)cc1. The number of benzene rings is 3. The minimum atomic E-state index is -0.146. The van der Waals surface area contributed by atoms with Crippen LogP contribution in [0.5, 0.6) is 11.5 Å². The van der Waals surface area contributed by atoms with Gasteiger partial charge in [-0.2, -0.15) is 5.10 Å². The van der Waals surface area contributed by atoms with Gasteiger partial charge < -0.3 is 9.47 Å². The van der Waals surface area contributed by atoms with Crippen LogP contribution in [0.1, 0.15) is 36.1 Å². The van der Waals surface area contributed by atoms with E-state index in [0.717, 1.165) is 33.9 Å². The molecule has 6 nitrogen and oxygen atoms in total. The van der Waals surface area contributed by atoms with Crippen molar-refractivity contribution < 1.29 is 14.3 Å². The zero-order valence-corrected chi connectivity index (χ0v) is 20.0. The summed E-state index contributed by atoms with van der Waals surface area (Å²) in [5.74, 6) is 1.62. The van der Waals surface area contributed by atoms with Crippen molar-refractivity contribution in [3.05, 3.63) is 95.6 Å². The van der Waals surface area contributed by atoms with Crippen LogP contribution < -0.4 is 9.47 Å². The summed E-state index contributed by atoms with van der Waals surface area (Å²) in [5, 5.41) is 6.43. The molecule has 4 rings (SSSR count). The van der Waals surface area contributed by atoms with Crippen LogP contribution in [-0.2, 0) is 11.3 Å². The number of methoxy groups -OCH3 is 1. The third kappa shape index (κ3) is 5.64. The minimum absolute atomic E-state index is 0.0276. The Morgan fingerprint density at radius 1 is 1.00 bits per heavy atom. The van der Waals surface area contributed by atoms with Gasteiger partial charge in [0.25, 0.3) is 5.91 Å². The van der Waals surface area contributed by atoms with E-state index in [2.05, 4.69) is 0 Å². The zero-order chi connectivity index (χ0) is 23.9. The smallest absolute Gasteiger partial charge is 0.257 e. The van der Waals surface area contributed by atoms with Gasteiger partial charge in [-0.25, -0.2) is 5.01 Å². The normalized spacial score (nSPS) is 15.4. The maximum Gasteiger partial charge on any atom is 0.257 e. The average Bonchev–Trinajstić information content (AvgIpc) is 3.32. The Bertz CT molecular complexity index is 1110. The second-order valence-electron chi connectivity index (χ2n) is 8.39. The summed E-state index contributed by atoms with van der Waals surface area (Å²) in [4.78, 5) is 15.4. The van der Waals surface area contributed by atoms with Crippen molar-refractivity contribution in [2.24, 2.45) is 5.10 Å². The van der Waals surface area contributed by atoms with Gasteiger partial charge in [-0.3, -0.25) is 9.69 Å². The summed E-state index contributed by atoms with van der Waals surface area (Å²) in [6, 6.07) is 25.8. The largest absolute Gasteiger partial charge is 0.497 e. The molecule has 1 atom stereocenters. The van der Waals surface area contributed by atoms with Crippen LogP contribution >= 0.6 is 0 Å². The molecule has 0 saturated carbocycles. The number of amides is 1. The molecule has 1 heterocycles. The molecule has 1 amide bonds. The third-order valence-electron chi connectivity index (χ3n) is 5.87. The van der Waals surface area contributed by atoms with Crippen molar-refractivity contribution in [2.45, 2.75) is 25.9 Å². The van der Waals surface area contributed by atoms with E-state index in [-0.39, 0.29) is 18.5 Å². The van der Waals surface area contributed by atoms with E-state index in [4.69, 9.17) is 14.6 Å². The van der Waals surface area contributed by atoms with E-state index in [9.17, 15) is 4.79 Å². The van der Waals surface area contributed by atoms with Crippen LogP contribution in [0.25, 0.3) is 0 Å². The second kappa shape index (κ2) is 11.0. The number of nitrogens with zero attached hydrogens (tertiary/aromatic N) is 3. The predicted octanol–water partition coefficient (Wildman–Crippen LogP) is 4.90. The molecule has 0 N–H and O–H groups in total. The van der Waals surface area contributed by atoms with E-state index in [1.807, 2.05) is 97.7 Å². The number of hydrogen-bond acceptors (Lipinski definition) is 5. The highest BCUT2D eigenvalue weighted by atomic mass is 16.5. The summed E-state index contributed by atoms with van der Waals surface area (Å²) in [6.07, 6.45) is 0.671. The first-order valence-corrected chi connectivity index (χ1v) is 11.6. The number of likely N-dealkylation sites (N-methyl/N-ethyl adjacent to an activating group) is 1. The molecule has 0 aromatic heterocycles. The summed E-state index contributed by atoms with van der Waals surface area (Å²) in [5.41, 5.74) is 4.13. The molecular formula is C28H31N3O3. The molecule has 1 aliphatic heterocycles. The van der Waals surface area contributed by atoms with Crippen molar-refractivity contribution in [1.29, 1.82) is 0 Å². The Labute approximate surface area is 201 Å². The van der Waals surface area contributed by atoms with Gasteiger partial charge in [-0.15, -0.1) is 0 Å². The lowest BCUT2D eigenvalue weighted by Gasteiger charge is -2.25. The van der Waals surface area contributed by atoms with E-state index in [1.165, 1.54) is 0 Å². The molecule has 0 fully saturated rings. The lowest BCUT2D eigenvalue weighted by atomic mass is 9.98. The number of hydrazone groups is 1. The first kappa shape index (κ1) is 23.5. The maximum absolute atomic E-state index is 13.4. The molecule has 0 radical (unpaired) electrons. The standard InChI is InChI=1S/C28H31N3O3/c1-4-34-25-14-10-21(11-15-25)19-30(2)20-28(32)31-27(23-12-16-24(33-3)17-13-23)18-26(29-31)22-8-6-5-7-9-22/h5-17,27H,4,18-20H2,1-3H3. The fraction of sp³-hybridized carbons (Fsp3) is 0.286. The number of carbonyl (C=O) groups excluding carboxylic acids is 1. The minimum Gasteiger partial charge on any atom is -0.497 e. The first-order chi connectivity index (χ1) is 16.6. The van der Waals surface area contributed by atoms with E-state index < -0.39 is 0 Å². The molecule has 6 heteroatoms. The molecule has 3 aromatic rings. The van der Waals surface area contributed by atoms with Gasteiger partial charge in [0.1, 0.15) is 11.5 Å². The molecule has 3 aromatic carbocycles. The van der Waals surface area contributed by atoms with Crippen LogP contribution in [0.3, 0.4) is 0 Å². The van der Waals surface area contributed by atoms with Crippen LogP contribution in [0, 0.1) is 0 Å². The number of hydrogen-bond donors (Lipinski definition) is 0. The average molecular weight is 458 g/mol. The highest BCUT2D eigenvalue weighted by molar-refractivity contribution is 6.03. The molecular weight excluding hydrogens is 426 g/mol. The molecule has 0 bridgehead atoms. The lowest BCUT2D eigenvalue weighted by Crippen LogP contribution is -2.36. The number of carbonyl (C=O) groups is 1. The van der Waals surface area contributed by atoms with Crippen molar-refractivity contribution >= 4 is 11.6 Å². The van der Waals surface area contributed by atoms with Crippen LogP contribution in [0.2, 0.25) is 0 Å². The third-order valence-corrected chi connectivity index (χ3v) is 5.87. The Hall–Kier alpha value is -3.64. The molecule has 1 aliphatic rings. The van der Waals surface area contributed by atoms with Crippen molar-refractivity contribution in [1.82, 2.24) is 9.91 Å². The fourth-order valence-electron chi connectivity index (χ4n) is 4.16. The predicted molar refractivity (Wildman–Crippen MR) is 134 cm³/mol. The summed E-state index contributed by atoms with van der Waals surface area (Å²) < 4.78 is 10.8. The monoisotopic (exact) mass is 457 g/mol. The van der Waals surface area contributed by atoms with Crippen LogP contribution in [0.4, 0.5) is 0 Å². The Kier molecular flexibility index (Phi) is 7.60. The Morgan fingerprint density at radius 3 is 2.32 bits per heavy atom. The number of ether oxygens (including phenoxy) is 2. The van der Waals surface area contributed by atoms with E-state index in [0.29, 0.717) is 19.6 Å². The highest BCUT2D eigenvalue weighted by Crippen LogP contribution is 2.33. The molecule has 1 unspecified atom stereocenters.